The van der Waals surface area contributed by atoms with Crippen molar-refractivity contribution in [3.63, 3.8) is 0 Å². The van der Waals surface area contributed by atoms with Crippen LogP contribution in [-0.2, 0) is 9.53 Å². The highest BCUT2D eigenvalue weighted by Crippen LogP contribution is 2.12. The van der Waals surface area contributed by atoms with Crippen LogP contribution in [0, 0.1) is 0 Å². The average Bonchev–Trinajstić information content (AvgIpc) is 2.67. The first kappa shape index (κ1) is 20.4. The lowest BCUT2D eigenvalue weighted by atomic mass is 10.1. The summed E-state index contributed by atoms with van der Waals surface area (Å²) in [5.74, 6) is -0.216. The Balaban J connectivity index is 2.42. The third-order valence-electron chi connectivity index (χ3n) is 3.71. The molecule has 3 atom stereocenters. The SMILES string of the molecule is CC/C=C\C/C=C\C[C@@H](O)[C@H](O)/C=C/[C@@H]1C/C=C\CCCC(=O)O1. The molecule has 0 saturated heterocycles. The molecular formula is C20H30O4. The number of hydrogen-bond acceptors (Lipinski definition) is 4. The number of carbonyl (C=O) groups excluding carboxylic acids is 1. The minimum Gasteiger partial charge on any atom is -0.458 e. The summed E-state index contributed by atoms with van der Waals surface area (Å²) >= 11 is 0. The van der Waals surface area contributed by atoms with E-state index < -0.39 is 12.2 Å². The second kappa shape index (κ2) is 12.7. The summed E-state index contributed by atoms with van der Waals surface area (Å²) in [6, 6.07) is 0. The van der Waals surface area contributed by atoms with Gasteiger partial charge in [-0.15, -0.1) is 0 Å². The molecule has 1 aliphatic rings. The first-order valence-electron chi connectivity index (χ1n) is 8.82. The maximum atomic E-state index is 11.6. The van der Waals surface area contributed by atoms with Crippen LogP contribution in [-0.4, -0.2) is 34.5 Å². The number of aliphatic hydroxyl groups is 2. The van der Waals surface area contributed by atoms with Gasteiger partial charge in [-0.25, -0.2) is 0 Å². The monoisotopic (exact) mass is 334 g/mol. The van der Waals surface area contributed by atoms with Crippen molar-refractivity contribution in [1.29, 1.82) is 0 Å². The number of allylic oxidation sites excluding steroid dienone is 4. The van der Waals surface area contributed by atoms with Crippen LogP contribution in [0.25, 0.3) is 0 Å². The Morgan fingerprint density at radius 3 is 2.83 bits per heavy atom. The van der Waals surface area contributed by atoms with Crippen LogP contribution in [0.15, 0.2) is 48.6 Å². The summed E-state index contributed by atoms with van der Waals surface area (Å²) in [7, 11) is 0. The second-order valence-corrected chi connectivity index (χ2v) is 5.89. The zero-order valence-corrected chi connectivity index (χ0v) is 14.5. The van der Waals surface area contributed by atoms with E-state index in [0.29, 0.717) is 19.3 Å². The number of aliphatic hydroxyl groups excluding tert-OH is 2. The van der Waals surface area contributed by atoms with E-state index in [0.717, 1.165) is 25.7 Å². The van der Waals surface area contributed by atoms with Crippen LogP contribution < -0.4 is 0 Å². The van der Waals surface area contributed by atoms with Crippen molar-refractivity contribution in [1.82, 2.24) is 0 Å². The summed E-state index contributed by atoms with van der Waals surface area (Å²) < 4.78 is 5.35. The van der Waals surface area contributed by atoms with E-state index in [1.54, 1.807) is 6.08 Å². The van der Waals surface area contributed by atoms with E-state index in [1.165, 1.54) is 6.08 Å². The van der Waals surface area contributed by atoms with Crippen LogP contribution in [0.5, 0.6) is 0 Å². The average molecular weight is 334 g/mol. The molecule has 0 unspecified atom stereocenters. The molecule has 0 saturated carbocycles. The van der Waals surface area contributed by atoms with Crippen LogP contribution >= 0.6 is 0 Å². The van der Waals surface area contributed by atoms with E-state index in [1.807, 2.05) is 24.3 Å². The Morgan fingerprint density at radius 2 is 2.04 bits per heavy atom. The van der Waals surface area contributed by atoms with Gasteiger partial charge in [-0.1, -0.05) is 49.5 Å². The van der Waals surface area contributed by atoms with Gasteiger partial charge in [0, 0.05) is 12.8 Å². The lowest BCUT2D eigenvalue weighted by Crippen LogP contribution is -2.24. The molecule has 0 aromatic heterocycles. The number of ether oxygens (including phenoxy) is 1. The van der Waals surface area contributed by atoms with Crippen LogP contribution in [0.1, 0.15) is 51.9 Å². The molecule has 4 heteroatoms. The van der Waals surface area contributed by atoms with Crippen LogP contribution in [0.3, 0.4) is 0 Å². The standard InChI is InChI=1S/C20H30O4/c1-2-3-4-5-6-10-13-18(21)19(22)16-15-17-12-9-7-8-11-14-20(23)24-17/h3-4,6-7,9-10,15-19,21-22H,2,5,8,11-14H2,1H3/b4-3-,9-7-,10-6-,16-15+/t17-,18+,19+/m0/s1. The molecule has 0 aromatic carbocycles. The second-order valence-electron chi connectivity index (χ2n) is 5.89. The molecule has 24 heavy (non-hydrogen) atoms. The molecule has 0 bridgehead atoms. The Labute approximate surface area is 145 Å². The molecule has 134 valence electrons. The first-order chi connectivity index (χ1) is 11.6. The molecule has 1 aliphatic heterocycles. The molecule has 0 fully saturated rings. The summed E-state index contributed by atoms with van der Waals surface area (Å²) in [4.78, 5) is 11.6. The number of esters is 1. The summed E-state index contributed by atoms with van der Waals surface area (Å²) in [5.41, 5.74) is 0. The topological polar surface area (TPSA) is 66.8 Å². The van der Waals surface area contributed by atoms with Crippen LogP contribution in [0.2, 0.25) is 0 Å². The van der Waals surface area contributed by atoms with Gasteiger partial charge in [0.1, 0.15) is 6.10 Å². The fourth-order valence-electron chi connectivity index (χ4n) is 2.28. The fourth-order valence-corrected chi connectivity index (χ4v) is 2.28. The Bertz CT molecular complexity index is 462. The molecule has 1 heterocycles. The van der Waals surface area contributed by atoms with Crippen molar-refractivity contribution < 1.29 is 19.7 Å². The quantitative estimate of drug-likeness (QED) is 0.526. The zero-order valence-electron chi connectivity index (χ0n) is 14.5. The van der Waals surface area contributed by atoms with Crippen molar-refractivity contribution >= 4 is 5.97 Å². The van der Waals surface area contributed by atoms with Crippen molar-refractivity contribution in [3.8, 4) is 0 Å². The third-order valence-corrected chi connectivity index (χ3v) is 3.71. The van der Waals surface area contributed by atoms with Crippen molar-refractivity contribution in [2.45, 2.75) is 70.2 Å². The minimum atomic E-state index is -0.976. The highest BCUT2D eigenvalue weighted by atomic mass is 16.5. The Hall–Kier alpha value is -1.65. The number of rotatable bonds is 8. The van der Waals surface area contributed by atoms with Gasteiger partial charge in [0.2, 0.25) is 0 Å². The van der Waals surface area contributed by atoms with Crippen molar-refractivity contribution in [3.05, 3.63) is 48.6 Å². The van der Waals surface area contributed by atoms with E-state index in [9.17, 15) is 15.0 Å². The van der Waals surface area contributed by atoms with Gasteiger partial charge in [-0.2, -0.15) is 0 Å². The number of carbonyl (C=O) groups is 1. The summed E-state index contributed by atoms with van der Waals surface area (Å²) in [5, 5.41) is 19.9. The lowest BCUT2D eigenvalue weighted by molar-refractivity contribution is -0.146. The van der Waals surface area contributed by atoms with E-state index in [2.05, 4.69) is 19.1 Å². The molecule has 2 N–H and O–H groups in total. The van der Waals surface area contributed by atoms with Gasteiger partial charge in [-0.3, -0.25) is 4.79 Å². The molecule has 0 amide bonds. The van der Waals surface area contributed by atoms with E-state index >= 15 is 0 Å². The molecule has 4 nitrogen and oxygen atoms in total. The first-order valence-corrected chi connectivity index (χ1v) is 8.82. The minimum absolute atomic E-state index is 0.216. The molecule has 0 radical (unpaired) electrons. The molecule has 0 aliphatic carbocycles. The summed E-state index contributed by atoms with van der Waals surface area (Å²) in [6.45, 7) is 2.08. The fraction of sp³-hybridized carbons (Fsp3) is 0.550. The third kappa shape index (κ3) is 9.48. The summed E-state index contributed by atoms with van der Waals surface area (Å²) in [6.07, 6.45) is 17.9. The normalized spacial score (nSPS) is 23.8. The van der Waals surface area contributed by atoms with Crippen molar-refractivity contribution in [2.75, 3.05) is 0 Å². The molecule has 0 aromatic rings. The lowest BCUT2D eigenvalue weighted by Gasteiger charge is -2.15. The predicted molar refractivity (Wildman–Crippen MR) is 96.4 cm³/mol. The highest BCUT2D eigenvalue weighted by molar-refractivity contribution is 5.69. The Kier molecular flexibility index (Phi) is 10.8. The van der Waals surface area contributed by atoms with Gasteiger partial charge in [0.05, 0.1) is 12.2 Å². The maximum Gasteiger partial charge on any atom is 0.306 e. The highest BCUT2D eigenvalue weighted by Gasteiger charge is 2.15. The van der Waals surface area contributed by atoms with Gasteiger partial charge in [0.15, 0.2) is 0 Å². The predicted octanol–water partition coefficient (Wildman–Crippen LogP) is 3.61. The zero-order chi connectivity index (χ0) is 17.6. The van der Waals surface area contributed by atoms with Gasteiger partial charge < -0.3 is 14.9 Å². The number of cyclic esters (lactones) is 1. The molecule has 1 rings (SSSR count). The van der Waals surface area contributed by atoms with Gasteiger partial charge >= 0.3 is 5.97 Å². The number of hydrogen-bond donors (Lipinski definition) is 2. The van der Waals surface area contributed by atoms with Crippen LogP contribution in [0.4, 0.5) is 0 Å². The van der Waals surface area contributed by atoms with E-state index in [4.69, 9.17) is 4.74 Å². The molecular weight excluding hydrogens is 304 g/mol. The maximum absolute atomic E-state index is 11.6. The largest absolute Gasteiger partial charge is 0.458 e. The Morgan fingerprint density at radius 1 is 1.25 bits per heavy atom. The molecule has 0 spiro atoms. The smallest absolute Gasteiger partial charge is 0.306 e. The van der Waals surface area contributed by atoms with Gasteiger partial charge in [0.25, 0.3) is 0 Å². The van der Waals surface area contributed by atoms with Crippen molar-refractivity contribution in [2.24, 2.45) is 0 Å². The van der Waals surface area contributed by atoms with E-state index in [-0.39, 0.29) is 12.1 Å². The van der Waals surface area contributed by atoms with Gasteiger partial charge in [-0.05, 0) is 38.2 Å².